The number of ether oxygens (including phenoxy) is 1. The van der Waals surface area contributed by atoms with Crippen LogP contribution < -0.4 is 0 Å². The third-order valence-electron chi connectivity index (χ3n) is 3.53. The van der Waals surface area contributed by atoms with Gasteiger partial charge in [0.2, 0.25) is 0 Å². The van der Waals surface area contributed by atoms with Crippen molar-refractivity contribution in [2.75, 3.05) is 0 Å². The van der Waals surface area contributed by atoms with E-state index in [0.717, 1.165) is 24.7 Å². The van der Waals surface area contributed by atoms with Crippen LogP contribution in [-0.4, -0.2) is 12.1 Å². The summed E-state index contributed by atoms with van der Waals surface area (Å²) in [6.45, 7) is 1.52. The van der Waals surface area contributed by atoms with E-state index >= 15 is 0 Å². The first-order valence-corrected chi connectivity index (χ1v) is 5.43. The summed E-state index contributed by atoms with van der Waals surface area (Å²) in [6.07, 6.45) is 7.99. The van der Waals surface area contributed by atoms with Gasteiger partial charge in [0.05, 0.1) is 0 Å². The molecule has 0 radical (unpaired) electrons. The summed E-state index contributed by atoms with van der Waals surface area (Å²) in [5.74, 6) is 1.61. The van der Waals surface area contributed by atoms with Crippen molar-refractivity contribution in [2.45, 2.75) is 51.6 Å². The van der Waals surface area contributed by atoms with Crippen molar-refractivity contribution in [1.29, 1.82) is 0 Å². The summed E-state index contributed by atoms with van der Waals surface area (Å²) in [7, 11) is 0. The minimum atomic E-state index is -0.108. The zero-order valence-electron chi connectivity index (χ0n) is 8.29. The fraction of sp³-hybridized carbons (Fsp3) is 0.909. The molecule has 0 aromatic heterocycles. The molecule has 2 aliphatic rings. The number of carbonyl (C=O) groups excluding carboxylic acids is 1. The standard InChI is InChI=1S/C11H18O2/c1-8(12)13-11-6-9-4-2-3-5-10(9)7-11/h9-11H,2-7H2,1H3. The van der Waals surface area contributed by atoms with E-state index in [1.165, 1.54) is 32.6 Å². The van der Waals surface area contributed by atoms with Gasteiger partial charge in [-0.2, -0.15) is 0 Å². The average molecular weight is 182 g/mol. The maximum absolute atomic E-state index is 10.8. The molecule has 2 heteroatoms. The minimum absolute atomic E-state index is 0.108. The van der Waals surface area contributed by atoms with E-state index in [0.29, 0.717) is 0 Å². The molecule has 2 atom stereocenters. The molecular weight excluding hydrogens is 164 g/mol. The second kappa shape index (κ2) is 3.69. The molecule has 0 spiro atoms. The zero-order chi connectivity index (χ0) is 9.26. The molecule has 2 rings (SSSR count). The van der Waals surface area contributed by atoms with Gasteiger partial charge in [0.1, 0.15) is 6.10 Å². The van der Waals surface area contributed by atoms with Gasteiger partial charge in [-0.05, 0) is 24.7 Å². The molecule has 0 N–H and O–H groups in total. The molecule has 0 aliphatic heterocycles. The second-order valence-electron chi connectivity index (χ2n) is 4.51. The number of hydrogen-bond acceptors (Lipinski definition) is 2. The highest BCUT2D eigenvalue weighted by molar-refractivity contribution is 5.66. The molecule has 0 saturated heterocycles. The Kier molecular flexibility index (Phi) is 2.56. The maximum atomic E-state index is 10.8. The van der Waals surface area contributed by atoms with Crippen LogP contribution in [0, 0.1) is 11.8 Å². The van der Waals surface area contributed by atoms with Gasteiger partial charge < -0.3 is 4.74 Å². The highest BCUT2D eigenvalue weighted by Crippen LogP contribution is 2.43. The number of hydrogen-bond donors (Lipinski definition) is 0. The Balaban J connectivity index is 1.87. The van der Waals surface area contributed by atoms with Gasteiger partial charge in [-0.3, -0.25) is 4.79 Å². The Morgan fingerprint density at radius 3 is 2.15 bits per heavy atom. The Morgan fingerprint density at radius 1 is 1.15 bits per heavy atom. The van der Waals surface area contributed by atoms with Crippen LogP contribution >= 0.6 is 0 Å². The Morgan fingerprint density at radius 2 is 1.69 bits per heavy atom. The number of esters is 1. The average Bonchev–Trinajstić information content (AvgIpc) is 2.44. The third-order valence-corrected chi connectivity index (χ3v) is 3.53. The Bertz CT molecular complexity index is 186. The van der Waals surface area contributed by atoms with Crippen molar-refractivity contribution in [2.24, 2.45) is 11.8 Å². The first-order valence-electron chi connectivity index (χ1n) is 5.43. The summed E-state index contributed by atoms with van der Waals surface area (Å²) in [4.78, 5) is 10.8. The van der Waals surface area contributed by atoms with Crippen LogP contribution in [-0.2, 0) is 9.53 Å². The molecule has 0 aromatic carbocycles. The lowest BCUT2D eigenvalue weighted by Crippen LogP contribution is -2.12. The van der Waals surface area contributed by atoms with Crippen molar-refractivity contribution in [3.05, 3.63) is 0 Å². The van der Waals surface area contributed by atoms with Gasteiger partial charge in [-0.15, -0.1) is 0 Å². The predicted octanol–water partition coefficient (Wildman–Crippen LogP) is 2.52. The lowest BCUT2D eigenvalue weighted by atomic mass is 9.82. The number of fused-ring (bicyclic) bond motifs is 1. The van der Waals surface area contributed by atoms with Crippen LogP contribution in [0.25, 0.3) is 0 Å². The van der Waals surface area contributed by atoms with Crippen LogP contribution in [0.3, 0.4) is 0 Å². The molecule has 0 amide bonds. The summed E-state index contributed by atoms with van der Waals surface area (Å²) in [5.41, 5.74) is 0. The van der Waals surface area contributed by atoms with Crippen LogP contribution in [0.5, 0.6) is 0 Å². The fourth-order valence-corrected chi connectivity index (χ4v) is 3.01. The second-order valence-corrected chi connectivity index (χ2v) is 4.51. The molecule has 0 aromatic rings. The van der Waals surface area contributed by atoms with E-state index in [-0.39, 0.29) is 12.1 Å². The summed E-state index contributed by atoms with van der Waals surface area (Å²) >= 11 is 0. The molecule has 0 heterocycles. The van der Waals surface area contributed by atoms with Gasteiger partial charge in [0.25, 0.3) is 0 Å². The highest BCUT2D eigenvalue weighted by Gasteiger charge is 2.36. The van der Waals surface area contributed by atoms with Crippen molar-refractivity contribution in [3.63, 3.8) is 0 Å². The summed E-state index contributed by atoms with van der Waals surface area (Å²) < 4.78 is 5.26. The van der Waals surface area contributed by atoms with Crippen LogP contribution in [0.2, 0.25) is 0 Å². The number of carbonyl (C=O) groups is 1. The van der Waals surface area contributed by atoms with E-state index < -0.39 is 0 Å². The largest absolute Gasteiger partial charge is 0.463 e. The van der Waals surface area contributed by atoms with Crippen molar-refractivity contribution < 1.29 is 9.53 Å². The normalized spacial score (nSPS) is 38.4. The SMILES string of the molecule is CC(=O)OC1CC2CCCCC2C1. The van der Waals surface area contributed by atoms with E-state index in [9.17, 15) is 4.79 Å². The number of rotatable bonds is 1. The van der Waals surface area contributed by atoms with Crippen molar-refractivity contribution in [3.8, 4) is 0 Å². The third kappa shape index (κ3) is 2.04. The lowest BCUT2D eigenvalue weighted by Gasteiger charge is -2.23. The summed E-state index contributed by atoms with van der Waals surface area (Å²) in [5, 5.41) is 0. The van der Waals surface area contributed by atoms with Gasteiger partial charge >= 0.3 is 5.97 Å². The quantitative estimate of drug-likeness (QED) is 0.582. The summed E-state index contributed by atoms with van der Waals surface area (Å²) in [6, 6.07) is 0. The van der Waals surface area contributed by atoms with Gasteiger partial charge in [-0.25, -0.2) is 0 Å². The van der Waals surface area contributed by atoms with Gasteiger partial charge in [-0.1, -0.05) is 25.7 Å². The molecular formula is C11H18O2. The van der Waals surface area contributed by atoms with Crippen molar-refractivity contribution >= 4 is 5.97 Å². The molecule has 2 fully saturated rings. The molecule has 74 valence electrons. The monoisotopic (exact) mass is 182 g/mol. The topological polar surface area (TPSA) is 26.3 Å². The highest BCUT2D eigenvalue weighted by atomic mass is 16.5. The van der Waals surface area contributed by atoms with Crippen molar-refractivity contribution in [1.82, 2.24) is 0 Å². The van der Waals surface area contributed by atoms with E-state index in [2.05, 4.69) is 0 Å². The zero-order valence-corrected chi connectivity index (χ0v) is 8.29. The Hall–Kier alpha value is -0.530. The minimum Gasteiger partial charge on any atom is -0.463 e. The van der Waals surface area contributed by atoms with Crippen LogP contribution in [0.1, 0.15) is 45.4 Å². The Labute approximate surface area is 79.7 Å². The van der Waals surface area contributed by atoms with E-state index in [1.54, 1.807) is 0 Å². The maximum Gasteiger partial charge on any atom is 0.302 e. The lowest BCUT2D eigenvalue weighted by molar-refractivity contribution is -0.146. The van der Waals surface area contributed by atoms with Gasteiger partial charge in [0.15, 0.2) is 0 Å². The smallest absolute Gasteiger partial charge is 0.302 e. The molecule has 13 heavy (non-hydrogen) atoms. The molecule has 2 saturated carbocycles. The van der Waals surface area contributed by atoms with E-state index in [1.807, 2.05) is 0 Å². The predicted molar refractivity (Wildman–Crippen MR) is 50.2 cm³/mol. The first-order chi connectivity index (χ1) is 6.25. The molecule has 0 bridgehead atoms. The van der Waals surface area contributed by atoms with E-state index in [4.69, 9.17) is 4.74 Å². The first kappa shape index (κ1) is 9.04. The molecule has 2 aliphatic carbocycles. The van der Waals surface area contributed by atoms with Crippen LogP contribution in [0.15, 0.2) is 0 Å². The van der Waals surface area contributed by atoms with Crippen LogP contribution in [0.4, 0.5) is 0 Å². The van der Waals surface area contributed by atoms with Gasteiger partial charge in [0, 0.05) is 6.92 Å². The fourth-order valence-electron chi connectivity index (χ4n) is 3.01. The molecule has 2 nitrogen and oxygen atoms in total. The molecule has 2 unspecified atom stereocenters.